The van der Waals surface area contributed by atoms with Crippen molar-refractivity contribution >= 4 is 44.5 Å². The fourth-order valence-electron chi connectivity index (χ4n) is 5.51. The van der Waals surface area contributed by atoms with Gasteiger partial charge in [-0.15, -0.1) is 0 Å². The summed E-state index contributed by atoms with van der Waals surface area (Å²) < 4.78 is 87.1. The molecule has 17 heteroatoms. The van der Waals surface area contributed by atoms with Gasteiger partial charge in [0.1, 0.15) is 11.2 Å². The van der Waals surface area contributed by atoms with Crippen molar-refractivity contribution in [2.75, 3.05) is 57.2 Å². The van der Waals surface area contributed by atoms with Gasteiger partial charge in [-0.2, -0.15) is 8.42 Å². The molecule has 0 atom stereocenters. The van der Waals surface area contributed by atoms with Gasteiger partial charge < -0.3 is 33.8 Å². The van der Waals surface area contributed by atoms with Crippen molar-refractivity contribution in [3.05, 3.63) is 72.4 Å². The molecule has 1 aliphatic heterocycles. The fraction of sp³-hybridized carbons (Fsp3) is 0.324. The van der Waals surface area contributed by atoms with Crippen LogP contribution in [0.5, 0.6) is 28.7 Å². The van der Waals surface area contributed by atoms with E-state index in [1.54, 1.807) is 18.2 Å². The normalized spacial score (nSPS) is 15.5. The Morgan fingerprint density at radius 1 is 0.902 bits per heavy atom. The van der Waals surface area contributed by atoms with Crippen molar-refractivity contribution in [3.63, 3.8) is 0 Å². The van der Waals surface area contributed by atoms with E-state index in [-0.39, 0.29) is 30.0 Å². The number of hydrogen-bond donors (Lipinski definition) is 3. The SMILES string of the molecule is COc1cc2c(Oc3ccc(NC(=O)C4(C(=O)Nc5ccc(F)c(OS(=O)(=O)O)c5)CC4)cc3F)ccnc2cc1OCCCN1CCOCC1. The van der Waals surface area contributed by atoms with Gasteiger partial charge in [0.05, 0.1) is 32.4 Å². The third-order valence-corrected chi connectivity index (χ3v) is 8.77. The first kappa shape index (κ1) is 35.7. The number of fused-ring (bicyclic) bond motifs is 1. The number of methoxy groups -OCH3 is 1. The van der Waals surface area contributed by atoms with Crippen LogP contribution in [0.4, 0.5) is 20.2 Å². The van der Waals surface area contributed by atoms with Gasteiger partial charge in [0.2, 0.25) is 11.8 Å². The summed E-state index contributed by atoms with van der Waals surface area (Å²) in [4.78, 5) is 32.9. The minimum Gasteiger partial charge on any atom is -0.493 e. The summed E-state index contributed by atoms with van der Waals surface area (Å²) in [6.07, 6.45) is 2.68. The Bertz CT molecular complexity index is 2060. The van der Waals surface area contributed by atoms with Gasteiger partial charge in [0.25, 0.3) is 0 Å². The zero-order valence-electron chi connectivity index (χ0n) is 27.3. The number of benzene rings is 3. The number of halogens is 2. The molecule has 4 aromatic rings. The Morgan fingerprint density at radius 2 is 1.61 bits per heavy atom. The maximum absolute atomic E-state index is 15.3. The summed E-state index contributed by atoms with van der Waals surface area (Å²) in [6, 6.07) is 11.6. The number of ether oxygens (including phenoxy) is 4. The molecule has 1 aromatic heterocycles. The third kappa shape index (κ3) is 8.62. The molecule has 2 amide bonds. The predicted molar refractivity (Wildman–Crippen MR) is 180 cm³/mol. The maximum Gasteiger partial charge on any atom is 0.446 e. The van der Waals surface area contributed by atoms with E-state index in [0.717, 1.165) is 63.5 Å². The molecule has 0 unspecified atom stereocenters. The zero-order valence-corrected chi connectivity index (χ0v) is 28.1. The highest BCUT2D eigenvalue weighted by molar-refractivity contribution is 7.81. The Morgan fingerprint density at radius 3 is 2.27 bits per heavy atom. The number of amides is 2. The topological polar surface area (TPSA) is 175 Å². The van der Waals surface area contributed by atoms with Crippen LogP contribution >= 0.6 is 0 Å². The summed E-state index contributed by atoms with van der Waals surface area (Å²) in [5.74, 6) is -3.10. The van der Waals surface area contributed by atoms with Crippen molar-refractivity contribution in [3.8, 4) is 28.7 Å². The number of rotatable bonds is 14. The number of hydrogen-bond acceptors (Lipinski definition) is 11. The van der Waals surface area contributed by atoms with Crippen LogP contribution < -0.4 is 29.0 Å². The first-order valence-corrected chi connectivity index (χ1v) is 17.3. The molecular formula is C34H34F2N4O10S. The predicted octanol–water partition coefficient (Wildman–Crippen LogP) is 4.95. The fourth-order valence-corrected chi connectivity index (χ4v) is 5.86. The van der Waals surface area contributed by atoms with E-state index in [1.165, 1.54) is 25.4 Å². The highest BCUT2D eigenvalue weighted by Gasteiger charge is 2.56. The van der Waals surface area contributed by atoms with Gasteiger partial charge in [0.15, 0.2) is 34.6 Å². The van der Waals surface area contributed by atoms with Crippen LogP contribution in [-0.4, -0.2) is 81.2 Å². The number of aromatic nitrogens is 1. The molecule has 3 N–H and O–H groups in total. The van der Waals surface area contributed by atoms with Crippen LogP contribution in [0.3, 0.4) is 0 Å². The van der Waals surface area contributed by atoms with Crippen LogP contribution in [0, 0.1) is 17.0 Å². The molecule has 3 aromatic carbocycles. The summed E-state index contributed by atoms with van der Waals surface area (Å²) in [5.41, 5.74) is -0.997. The number of morpholine rings is 1. The van der Waals surface area contributed by atoms with Crippen LogP contribution in [0.1, 0.15) is 19.3 Å². The number of carbonyl (C=O) groups is 2. The van der Waals surface area contributed by atoms with Crippen molar-refractivity contribution in [2.45, 2.75) is 19.3 Å². The average molecular weight is 729 g/mol. The summed E-state index contributed by atoms with van der Waals surface area (Å²) >= 11 is 0. The quantitative estimate of drug-likeness (QED) is 0.0907. The van der Waals surface area contributed by atoms with Crippen LogP contribution in [-0.2, 0) is 24.7 Å². The lowest BCUT2D eigenvalue weighted by Crippen LogP contribution is -2.37. The van der Waals surface area contributed by atoms with Crippen molar-refractivity contribution in [1.29, 1.82) is 0 Å². The smallest absolute Gasteiger partial charge is 0.446 e. The van der Waals surface area contributed by atoms with Crippen molar-refractivity contribution < 1.29 is 54.5 Å². The van der Waals surface area contributed by atoms with Gasteiger partial charge >= 0.3 is 10.4 Å². The van der Waals surface area contributed by atoms with Crippen LogP contribution in [0.15, 0.2) is 60.8 Å². The molecule has 51 heavy (non-hydrogen) atoms. The molecule has 270 valence electrons. The lowest BCUT2D eigenvalue weighted by molar-refractivity contribution is -0.131. The minimum atomic E-state index is -5.03. The van der Waals surface area contributed by atoms with E-state index in [1.807, 2.05) is 0 Å². The Labute approximate surface area is 291 Å². The van der Waals surface area contributed by atoms with E-state index in [9.17, 15) is 22.4 Å². The van der Waals surface area contributed by atoms with Gasteiger partial charge in [-0.1, -0.05) is 0 Å². The lowest BCUT2D eigenvalue weighted by Gasteiger charge is -2.26. The van der Waals surface area contributed by atoms with E-state index in [2.05, 4.69) is 24.7 Å². The van der Waals surface area contributed by atoms with E-state index >= 15 is 4.39 Å². The van der Waals surface area contributed by atoms with E-state index in [4.69, 9.17) is 23.5 Å². The highest BCUT2D eigenvalue weighted by Crippen LogP contribution is 2.48. The molecule has 1 saturated carbocycles. The number of carbonyl (C=O) groups excluding carboxylic acids is 2. The first-order chi connectivity index (χ1) is 24.4. The minimum absolute atomic E-state index is 0.0613. The van der Waals surface area contributed by atoms with Gasteiger partial charge in [-0.3, -0.25) is 24.0 Å². The molecule has 1 aliphatic carbocycles. The van der Waals surface area contributed by atoms with Gasteiger partial charge in [-0.05, 0) is 55.7 Å². The molecule has 2 fully saturated rings. The summed E-state index contributed by atoms with van der Waals surface area (Å²) in [7, 11) is -3.51. The number of nitrogens with zero attached hydrogens (tertiary/aromatic N) is 2. The van der Waals surface area contributed by atoms with Crippen LogP contribution in [0.25, 0.3) is 10.9 Å². The summed E-state index contributed by atoms with van der Waals surface area (Å²) in [6.45, 7) is 4.61. The molecule has 2 heterocycles. The van der Waals surface area contributed by atoms with Gasteiger partial charge in [-0.25, -0.2) is 8.78 Å². The third-order valence-electron chi connectivity index (χ3n) is 8.38. The molecule has 0 radical (unpaired) electrons. The second-order valence-corrected chi connectivity index (χ2v) is 12.9. The highest BCUT2D eigenvalue weighted by atomic mass is 32.3. The lowest BCUT2D eigenvalue weighted by atomic mass is 10.0. The maximum atomic E-state index is 15.3. The average Bonchev–Trinajstić information content (AvgIpc) is 3.92. The Balaban J connectivity index is 1.09. The number of pyridine rings is 1. The Hall–Kier alpha value is -5.10. The molecule has 14 nitrogen and oxygen atoms in total. The standard InChI is InChI=1S/C34H34F2N4O10S/c1-46-30-19-23-26(20-31(30)48-14-2-11-40-12-15-47-16-13-40)37-10-7-27(23)49-28-6-4-21(17-25(28)36)38-32(41)34(8-9-34)33(42)39-22-3-5-24(35)29(18-22)50-51(43,44)45/h3-7,10,17-20H,2,8-9,11-16H2,1H3,(H,38,41)(H,39,42)(H,43,44,45). The molecule has 0 spiro atoms. The molecule has 2 aliphatic rings. The summed E-state index contributed by atoms with van der Waals surface area (Å²) in [5, 5.41) is 5.51. The molecule has 1 saturated heterocycles. The van der Waals surface area contributed by atoms with Gasteiger partial charge in [0, 0.05) is 60.8 Å². The largest absolute Gasteiger partial charge is 0.493 e. The number of anilines is 2. The van der Waals surface area contributed by atoms with Crippen LogP contribution in [0.2, 0.25) is 0 Å². The molecule has 6 rings (SSSR count). The second-order valence-electron chi connectivity index (χ2n) is 11.9. The van der Waals surface area contributed by atoms with Crippen molar-refractivity contribution in [1.82, 2.24) is 9.88 Å². The first-order valence-electron chi connectivity index (χ1n) is 15.9. The van der Waals surface area contributed by atoms with E-state index in [0.29, 0.717) is 34.8 Å². The zero-order chi connectivity index (χ0) is 36.2. The second kappa shape index (κ2) is 15.0. The number of nitrogens with one attached hydrogen (secondary N) is 2. The monoisotopic (exact) mass is 728 g/mol. The van der Waals surface area contributed by atoms with E-state index < -0.39 is 45.0 Å². The van der Waals surface area contributed by atoms with Crippen molar-refractivity contribution in [2.24, 2.45) is 5.41 Å². The Kier molecular flexibility index (Phi) is 10.5. The molecular weight excluding hydrogens is 694 g/mol. The molecule has 0 bridgehead atoms.